The van der Waals surface area contributed by atoms with Gasteiger partial charge < -0.3 is 0 Å². The number of rotatable bonds is 4. The molecule has 1 heterocycles. The molecule has 0 saturated carbocycles. The molecule has 4 heteroatoms. The summed E-state index contributed by atoms with van der Waals surface area (Å²) in [5.41, 5.74) is 10.1. The van der Waals surface area contributed by atoms with Crippen LogP contribution >= 0.6 is 11.3 Å². The Balaban J connectivity index is 2.28. The minimum Gasteiger partial charge on any atom is -0.271 e. The van der Waals surface area contributed by atoms with Crippen molar-refractivity contribution < 1.29 is 0 Å². The molecule has 3 nitrogen and oxygen atoms in total. The Morgan fingerprint density at radius 3 is 2.44 bits per heavy atom. The normalized spacial score (nSPS) is 12.7. The van der Waals surface area contributed by atoms with Gasteiger partial charge in [-0.15, -0.1) is 11.3 Å². The molecule has 0 bridgehead atoms. The molecule has 0 amide bonds. The summed E-state index contributed by atoms with van der Waals surface area (Å²) < 4.78 is 0. The van der Waals surface area contributed by atoms with Gasteiger partial charge in [0, 0.05) is 11.1 Å². The van der Waals surface area contributed by atoms with Crippen LogP contribution in [0.2, 0.25) is 0 Å². The number of hydrogen-bond acceptors (Lipinski definition) is 4. The van der Waals surface area contributed by atoms with Crippen molar-refractivity contribution >= 4 is 11.3 Å². The third-order valence-corrected chi connectivity index (χ3v) is 4.13. The van der Waals surface area contributed by atoms with Gasteiger partial charge in [0.25, 0.3) is 0 Å². The standard InChI is InChI=1S/C14H19N3S/c1-9-4-10(2)12(11(3)5-9)6-13(17-15)14-7-16-8-18-14/h4-5,7-8,13,17H,6,15H2,1-3H3. The van der Waals surface area contributed by atoms with Crippen molar-refractivity contribution in [3.8, 4) is 0 Å². The van der Waals surface area contributed by atoms with E-state index in [4.69, 9.17) is 5.84 Å². The van der Waals surface area contributed by atoms with Crippen molar-refractivity contribution in [2.45, 2.75) is 33.2 Å². The van der Waals surface area contributed by atoms with Crippen LogP contribution in [0.15, 0.2) is 23.8 Å². The Kier molecular flexibility index (Phi) is 4.11. The van der Waals surface area contributed by atoms with Crippen molar-refractivity contribution in [2.24, 2.45) is 5.84 Å². The van der Waals surface area contributed by atoms with Crippen LogP contribution < -0.4 is 11.3 Å². The molecule has 0 saturated heterocycles. The Morgan fingerprint density at radius 1 is 1.28 bits per heavy atom. The monoisotopic (exact) mass is 261 g/mol. The maximum atomic E-state index is 5.67. The van der Waals surface area contributed by atoms with E-state index in [1.165, 1.54) is 27.1 Å². The fourth-order valence-corrected chi connectivity index (χ4v) is 3.06. The summed E-state index contributed by atoms with van der Waals surface area (Å²) in [6.07, 6.45) is 2.78. The first-order chi connectivity index (χ1) is 8.61. The summed E-state index contributed by atoms with van der Waals surface area (Å²) in [4.78, 5) is 5.29. The SMILES string of the molecule is Cc1cc(C)c(CC(NN)c2cncs2)c(C)c1. The van der Waals surface area contributed by atoms with E-state index in [2.05, 4.69) is 43.3 Å². The molecular weight excluding hydrogens is 242 g/mol. The van der Waals surface area contributed by atoms with Gasteiger partial charge in [0.2, 0.25) is 0 Å². The Labute approximate surface area is 112 Å². The van der Waals surface area contributed by atoms with Crippen molar-refractivity contribution in [1.82, 2.24) is 10.4 Å². The first-order valence-corrected chi connectivity index (χ1v) is 6.91. The molecule has 0 spiro atoms. The quantitative estimate of drug-likeness (QED) is 0.657. The van der Waals surface area contributed by atoms with E-state index >= 15 is 0 Å². The van der Waals surface area contributed by atoms with E-state index in [-0.39, 0.29) is 6.04 Å². The minimum absolute atomic E-state index is 0.137. The fourth-order valence-electron chi connectivity index (χ4n) is 2.38. The zero-order valence-electron chi connectivity index (χ0n) is 11.0. The molecule has 18 heavy (non-hydrogen) atoms. The lowest BCUT2D eigenvalue weighted by Crippen LogP contribution is -2.29. The highest BCUT2D eigenvalue weighted by Crippen LogP contribution is 2.25. The van der Waals surface area contributed by atoms with Crippen LogP contribution in [0.4, 0.5) is 0 Å². The second-order valence-corrected chi connectivity index (χ2v) is 5.62. The van der Waals surface area contributed by atoms with Crippen LogP contribution in [-0.4, -0.2) is 4.98 Å². The lowest BCUT2D eigenvalue weighted by molar-refractivity contribution is 0.557. The largest absolute Gasteiger partial charge is 0.271 e. The molecule has 1 atom stereocenters. The van der Waals surface area contributed by atoms with E-state index in [1.54, 1.807) is 11.3 Å². The number of aryl methyl sites for hydroxylation is 3. The summed E-state index contributed by atoms with van der Waals surface area (Å²) in [5.74, 6) is 5.67. The molecule has 2 rings (SSSR count). The number of nitrogens with zero attached hydrogens (tertiary/aromatic N) is 1. The van der Waals surface area contributed by atoms with Crippen LogP contribution in [0.25, 0.3) is 0 Å². The Hall–Kier alpha value is -1.23. The Morgan fingerprint density at radius 2 is 1.94 bits per heavy atom. The van der Waals surface area contributed by atoms with Gasteiger partial charge in [0.15, 0.2) is 0 Å². The topological polar surface area (TPSA) is 50.9 Å². The number of benzene rings is 1. The number of hydrogen-bond donors (Lipinski definition) is 2. The van der Waals surface area contributed by atoms with E-state index in [1.807, 2.05) is 11.7 Å². The zero-order valence-corrected chi connectivity index (χ0v) is 11.8. The maximum Gasteiger partial charge on any atom is 0.0794 e. The third kappa shape index (κ3) is 2.77. The van der Waals surface area contributed by atoms with Crippen LogP contribution in [0.1, 0.15) is 33.2 Å². The van der Waals surface area contributed by atoms with Gasteiger partial charge >= 0.3 is 0 Å². The van der Waals surface area contributed by atoms with E-state index < -0.39 is 0 Å². The first kappa shape index (κ1) is 13.2. The van der Waals surface area contributed by atoms with E-state index in [0.717, 1.165) is 6.42 Å². The lowest BCUT2D eigenvalue weighted by Gasteiger charge is -2.18. The zero-order chi connectivity index (χ0) is 13.1. The highest BCUT2D eigenvalue weighted by atomic mass is 32.1. The summed E-state index contributed by atoms with van der Waals surface area (Å²) in [6, 6.07) is 4.59. The summed E-state index contributed by atoms with van der Waals surface area (Å²) in [7, 11) is 0. The van der Waals surface area contributed by atoms with Crippen molar-refractivity contribution in [1.29, 1.82) is 0 Å². The maximum absolute atomic E-state index is 5.67. The van der Waals surface area contributed by atoms with Gasteiger partial charge in [-0.1, -0.05) is 17.7 Å². The van der Waals surface area contributed by atoms with Crippen LogP contribution in [0.5, 0.6) is 0 Å². The number of aromatic nitrogens is 1. The molecule has 1 aromatic carbocycles. The summed E-state index contributed by atoms with van der Waals surface area (Å²) >= 11 is 1.64. The molecule has 0 fully saturated rings. The molecule has 0 aliphatic rings. The van der Waals surface area contributed by atoms with Crippen LogP contribution in [-0.2, 0) is 6.42 Å². The van der Waals surface area contributed by atoms with Gasteiger partial charge in [-0.05, 0) is 43.9 Å². The number of thiazole rings is 1. The van der Waals surface area contributed by atoms with Crippen molar-refractivity contribution in [3.05, 3.63) is 51.0 Å². The summed E-state index contributed by atoms with van der Waals surface area (Å²) in [5, 5.41) is 0. The van der Waals surface area contributed by atoms with E-state index in [9.17, 15) is 0 Å². The van der Waals surface area contributed by atoms with Crippen LogP contribution in [0, 0.1) is 20.8 Å². The molecular formula is C14H19N3S. The number of hydrazine groups is 1. The predicted octanol–water partition coefficient (Wildman–Crippen LogP) is 2.82. The molecule has 96 valence electrons. The molecule has 0 aliphatic heterocycles. The van der Waals surface area contributed by atoms with Gasteiger partial charge in [0.1, 0.15) is 0 Å². The smallest absolute Gasteiger partial charge is 0.0794 e. The second kappa shape index (κ2) is 5.61. The third-order valence-electron chi connectivity index (χ3n) is 3.24. The minimum atomic E-state index is 0.137. The highest BCUT2D eigenvalue weighted by molar-refractivity contribution is 7.09. The van der Waals surface area contributed by atoms with Gasteiger partial charge in [0.05, 0.1) is 11.6 Å². The second-order valence-electron chi connectivity index (χ2n) is 4.70. The predicted molar refractivity (Wildman–Crippen MR) is 76.5 cm³/mol. The summed E-state index contributed by atoms with van der Waals surface area (Å²) in [6.45, 7) is 6.46. The van der Waals surface area contributed by atoms with E-state index in [0.29, 0.717) is 0 Å². The molecule has 0 radical (unpaired) electrons. The van der Waals surface area contributed by atoms with Crippen molar-refractivity contribution in [2.75, 3.05) is 0 Å². The van der Waals surface area contributed by atoms with Gasteiger partial charge in [-0.25, -0.2) is 0 Å². The molecule has 1 aromatic heterocycles. The fraction of sp³-hybridized carbons (Fsp3) is 0.357. The highest BCUT2D eigenvalue weighted by Gasteiger charge is 2.15. The Bertz CT molecular complexity index is 497. The number of nitrogens with two attached hydrogens (primary N) is 1. The number of nitrogens with one attached hydrogen (secondary N) is 1. The molecule has 3 N–H and O–H groups in total. The molecule has 1 unspecified atom stereocenters. The van der Waals surface area contributed by atoms with Crippen molar-refractivity contribution in [3.63, 3.8) is 0 Å². The first-order valence-electron chi connectivity index (χ1n) is 6.03. The van der Waals surface area contributed by atoms with Gasteiger partial charge in [-0.2, -0.15) is 0 Å². The van der Waals surface area contributed by atoms with Crippen LogP contribution in [0.3, 0.4) is 0 Å². The molecule has 2 aromatic rings. The average molecular weight is 261 g/mol. The average Bonchev–Trinajstić information content (AvgIpc) is 2.81. The van der Waals surface area contributed by atoms with Gasteiger partial charge in [-0.3, -0.25) is 16.3 Å². The lowest BCUT2D eigenvalue weighted by atomic mass is 9.94. The molecule has 0 aliphatic carbocycles.